The lowest BCUT2D eigenvalue weighted by atomic mass is 9.83. The van der Waals surface area contributed by atoms with Gasteiger partial charge in [0.25, 0.3) is 5.91 Å². The molecule has 0 radical (unpaired) electrons. The van der Waals surface area contributed by atoms with Crippen molar-refractivity contribution in [2.24, 2.45) is 5.92 Å². The number of nitrogens with zero attached hydrogens (tertiary/aromatic N) is 4. The summed E-state index contributed by atoms with van der Waals surface area (Å²) in [6, 6.07) is 16.1. The van der Waals surface area contributed by atoms with Crippen LogP contribution in [0.15, 0.2) is 60.8 Å². The molecule has 0 spiro atoms. The van der Waals surface area contributed by atoms with Crippen molar-refractivity contribution in [3.05, 3.63) is 77.1 Å². The van der Waals surface area contributed by atoms with Gasteiger partial charge in [-0.1, -0.05) is 74.2 Å². The Morgan fingerprint density at radius 3 is 2.31 bits per heavy atom. The largest absolute Gasteiger partial charge is 0.339 e. The first kappa shape index (κ1) is 33.3. The first-order valence-electron chi connectivity index (χ1n) is 16.0. The minimum Gasteiger partial charge on any atom is -0.339 e. The number of likely N-dealkylation sites (N-methyl/N-ethyl adjacent to an activating group) is 1. The molecule has 2 atom stereocenters. The Balaban J connectivity index is 1.31. The Morgan fingerprint density at radius 2 is 1.67 bits per heavy atom. The Kier molecular flexibility index (Phi) is 11.1. The van der Waals surface area contributed by atoms with Crippen molar-refractivity contribution in [1.82, 2.24) is 24.4 Å². The van der Waals surface area contributed by atoms with E-state index < -0.39 is 22.0 Å². The molecule has 1 aliphatic carbocycles. The lowest BCUT2D eigenvalue weighted by molar-refractivity contribution is -0.135. The van der Waals surface area contributed by atoms with E-state index in [1.165, 1.54) is 25.5 Å². The molecule has 0 bridgehead atoms. The Labute approximate surface area is 272 Å². The maximum atomic E-state index is 14.0. The third-order valence-corrected chi connectivity index (χ3v) is 10.9. The van der Waals surface area contributed by atoms with Crippen LogP contribution in [0.1, 0.15) is 55.1 Å². The number of hydrogen-bond donors (Lipinski definition) is 1. The van der Waals surface area contributed by atoms with Gasteiger partial charge in [0, 0.05) is 68.3 Å². The number of fused-ring (bicyclic) bond motifs is 1. The molecule has 1 N–H and O–H groups in total. The number of nitrogens with one attached hydrogen (secondary N) is 1. The molecule has 242 valence electrons. The second kappa shape index (κ2) is 15.0. The van der Waals surface area contributed by atoms with Crippen LogP contribution in [-0.4, -0.2) is 96.9 Å². The molecular weight excluding hydrogens is 610 g/mol. The quantitative estimate of drug-likeness (QED) is 0.325. The van der Waals surface area contributed by atoms with Crippen LogP contribution in [0.2, 0.25) is 5.02 Å². The number of carbonyl (C=O) groups excluding carboxylic acids is 2. The van der Waals surface area contributed by atoms with E-state index in [0.717, 1.165) is 29.2 Å². The van der Waals surface area contributed by atoms with E-state index >= 15 is 0 Å². The normalized spacial score (nSPS) is 18.2. The molecule has 1 aromatic heterocycles. The third-order valence-electron chi connectivity index (χ3n) is 9.32. The van der Waals surface area contributed by atoms with E-state index in [0.29, 0.717) is 56.6 Å². The molecule has 11 heteroatoms. The van der Waals surface area contributed by atoms with Crippen LogP contribution >= 0.6 is 11.6 Å². The third kappa shape index (κ3) is 8.61. The van der Waals surface area contributed by atoms with E-state index in [9.17, 15) is 18.0 Å². The van der Waals surface area contributed by atoms with Gasteiger partial charge in [0.15, 0.2) is 0 Å². The summed E-state index contributed by atoms with van der Waals surface area (Å²) in [6.45, 7) is 5.13. The second-order valence-corrected chi connectivity index (χ2v) is 14.7. The number of pyridine rings is 1. The maximum absolute atomic E-state index is 14.0. The summed E-state index contributed by atoms with van der Waals surface area (Å²) in [5, 5.41) is 5.42. The number of piperazine rings is 1. The SMILES string of the molecule is CCN(CC(C1CCCCC1)N1CCN(C(=O)C(Cc2ccc(Cl)cc2)NC(=O)c2cc3ccccc3cn2)CC1)S(C)(=O)=O. The smallest absolute Gasteiger partial charge is 0.270 e. The molecule has 3 aromatic rings. The number of hydrogen-bond acceptors (Lipinski definition) is 6. The predicted octanol–water partition coefficient (Wildman–Crippen LogP) is 4.60. The molecule has 2 aliphatic rings. The van der Waals surface area contributed by atoms with Gasteiger partial charge < -0.3 is 10.2 Å². The van der Waals surface area contributed by atoms with Crippen LogP contribution in [0.5, 0.6) is 0 Å². The van der Waals surface area contributed by atoms with Crippen LogP contribution in [0.4, 0.5) is 0 Å². The summed E-state index contributed by atoms with van der Waals surface area (Å²) < 4.78 is 26.6. The lowest BCUT2D eigenvalue weighted by Crippen LogP contribution is -2.59. The number of benzene rings is 2. The zero-order valence-electron chi connectivity index (χ0n) is 26.2. The average molecular weight is 654 g/mol. The van der Waals surface area contributed by atoms with Gasteiger partial charge in [-0.15, -0.1) is 0 Å². The molecule has 2 amide bonds. The van der Waals surface area contributed by atoms with Gasteiger partial charge in [-0.2, -0.15) is 0 Å². The van der Waals surface area contributed by atoms with Crippen LogP contribution in [-0.2, 0) is 21.2 Å². The van der Waals surface area contributed by atoms with Crippen molar-refractivity contribution >= 4 is 44.2 Å². The van der Waals surface area contributed by atoms with Crippen molar-refractivity contribution in [2.75, 3.05) is 45.5 Å². The molecule has 9 nitrogen and oxygen atoms in total. The first-order chi connectivity index (χ1) is 21.6. The highest BCUT2D eigenvalue weighted by Crippen LogP contribution is 2.31. The van der Waals surface area contributed by atoms with Gasteiger partial charge in [0.1, 0.15) is 11.7 Å². The van der Waals surface area contributed by atoms with Gasteiger partial charge in [0.05, 0.1) is 6.26 Å². The van der Waals surface area contributed by atoms with E-state index in [1.54, 1.807) is 28.7 Å². The molecule has 2 aromatic carbocycles. The number of amides is 2. The monoisotopic (exact) mass is 653 g/mol. The van der Waals surface area contributed by atoms with Gasteiger partial charge in [0.2, 0.25) is 15.9 Å². The molecule has 1 saturated carbocycles. The molecule has 1 aliphatic heterocycles. The van der Waals surface area contributed by atoms with Crippen molar-refractivity contribution in [2.45, 2.75) is 57.5 Å². The van der Waals surface area contributed by atoms with E-state index in [4.69, 9.17) is 11.6 Å². The zero-order chi connectivity index (χ0) is 32.0. The summed E-state index contributed by atoms with van der Waals surface area (Å²) in [4.78, 5) is 36.1. The Morgan fingerprint density at radius 1 is 1.00 bits per heavy atom. The summed E-state index contributed by atoms with van der Waals surface area (Å²) in [5.74, 6) is -0.105. The standard InChI is InChI=1S/C34H44ClN5O4S/c1-3-40(45(2,43)44)24-32(26-9-5-4-6-10-26)38-17-19-39(20-18-38)34(42)31(21-25-13-15-29(35)16-14-25)37-33(41)30-22-27-11-7-8-12-28(27)23-36-30/h7-8,11-16,22-23,26,31-32H,3-6,9-10,17-21,24H2,1-2H3,(H,37,41). The summed E-state index contributed by atoms with van der Waals surface area (Å²) in [5.41, 5.74) is 1.15. The van der Waals surface area contributed by atoms with Crippen LogP contribution in [0.3, 0.4) is 0 Å². The summed E-state index contributed by atoms with van der Waals surface area (Å²) in [6.07, 6.45) is 9.04. The van der Waals surface area contributed by atoms with Crippen LogP contribution in [0, 0.1) is 5.92 Å². The second-order valence-electron chi connectivity index (χ2n) is 12.3. The molecule has 2 unspecified atom stereocenters. The number of rotatable bonds is 11. The number of sulfonamides is 1. The minimum absolute atomic E-state index is 0.112. The molecule has 45 heavy (non-hydrogen) atoms. The average Bonchev–Trinajstić information content (AvgIpc) is 3.05. The fourth-order valence-corrected chi connectivity index (χ4v) is 7.80. The van der Waals surface area contributed by atoms with E-state index in [-0.39, 0.29) is 17.6 Å². The van der Waals surface area contributed by atoms with Crippen LogP contribution in [0.25, 0.3) is 10.8 Å². The minimum atomic E-state index is -3.31. The van der Waals surface area contributed by atoms with Gasteiger partial charge >= 0.3 is 0 Å². The van der Waals surface area contributed by atoms with Crippen molar-refractivity contribution < 1.29 is 18.0 Å². The Hall–Kier alpha value is -3.05. The van der Waals surface area contributed by atoms with Crippen LogP contribution < -0.4 is 5.32 Å². The molecular formula is C34H44ClN5O4S. The predicted molar refractivity (Wildman–Crippen MR) is 179 cm³/mol. The fourth-order valence-electron chi connectivity index (χ4n) is 6.78. The summed E-state index contributed by atoms with van der Waals surface area (Å²) >= 11 is 6.11. The van der Waals surface area contributed by atoms with Crippen molar-refractivity contribution in [3.63, 3.8) is 0 Å². The maximum Gasteiger partial charge on any atom is 0.270 e. The highest BCUT2D eigenvalue weighted by molar-refractivity contribution is 7.88. The Bertz CT molecular complexity index is 1570. The lowest BCUT2D eigenvalue weighted by Gasteiger charge is -2.45. The van der Waals surface area contributed by atoms with Crippen molar-refractivity contribution in [1.29, 1.82) is 0 Å². The molecule has 1 saturated heterocycles. The highest BCUT2D eigenvalue weighted by atomic mass is 35.5. The fraction of sp³-hybridized carbons (Fsp3) is 0.500. The molecule has 5 rings (SSSR count). The van der Waals surface area contributed by atoms with Gasteiger partial charge in [-0.25, -0.2) is 12.7 Å². The molecule has 2 heterocycles. The number of aromatic nitrogens is 1. The highest BCUT2D eigenvalue weighted by Gasteiger charge is 2.36. The molecule has 2 fully saturated rings. The topological polar surface area (TPSA) is 103 Å². The van der Waals surface area contributed by atoms with E-state index in [1.807, 2.05) is 48.2 Å². The summed E-state index contributed by atoms with van der Waals surface area (Å²) in [7, 11) is -3.31. The first-order valence-corrected chi connectivity index (χ1v) is 18.2. The van der Waals surface area contributed by atoms with Gasteiger partial charge in [-0.05, 0) is 47.9 Å². The number of halogens is 1. The van der Waals surface area contributed by atoms with Crippen molar-refractivity contribution in [3.8, 4) is 0 Å². The van der Waals surface area contributed by atoms with Gasteiger partial charge in [-0.3, -0.25) is 19.5 Å². The zero-order valence-corrected chi connectivity index (χ0v) is 27.8. The van der Waals surface area contributed by atoms with E-state index in [2.05, 4.69) is 15.2 Å². The number of carbonyl (C=O) groups is 2.